The van der Waals surface area contributed by atoms with Gasteiger partial charge in [-0.05, 0) is 31.6 Å². The third-order valence-corrected chi connectivity index (χ3v) is 7.44. The molecule has 5 rings (SSSR count). The molecule has 0 amide bonds. The Balaban J connectivity index is 1.73. The maximum atomic E-state index is 13.1. The molecule has 5 heteroatoms. The molecule has 116 valence electrons. The van der Waals surface area contributed by atoms with Crippen LogP contribution < -0.4 is 0 Å². The van der Waals surface area contributed by atoms with Gasteiger partial charge in [-0.25, -0.2) is 0 Å². The van der Waals surface area contributed by atoms with Crippen LogP contribution >= 0.6 is 0 Å². The lowest BCUT2D eigenvalue weighted by Crippen LogP contribution is -2.59. The molecule has 2 saturated heterocycles. The standard InChI is InChI=1S/C16H23NO4/c1-8-6-9-13(19)14(20)16-10(17-5-3-12(16)21-17)2-4-15(9,16)11(18)7-8/h8-10,12-14,19-20H,2-7H2,1H3/t8-,9-,10+,12-,13+,14+,15+,16+/m0/s1. The Morgan fingerprint density at radius 3 is 2.95 bits per heavy atom. The molecular formula is C16H23NO4. The van der Waals surface area contributed by atoms with Gasteiger partial charge in [-0.1, -0.05) is 6.92 Å². The molecule has 3 saturated carbocycles. The molecule has 0 aromatic carbocycles. The molecular weight excluding hydrogens is 270 g/mol. The van der Waals surface area contributed by atoms with Gasteiger partial charge in [-0.2, -0.15) is 5.06 Å². The summed E-state index contributed by atoms with van der Waals surface area (Å²) in [5.74, 6) is 0.503. The highest BCUT2D eigenvalue weighted by Crippen LogP contribution is 2.74. The maximum absolute atomic E-state index is 13.1. The number of aliphatic hydroxyl groups is 2. The van der Waals surface area contributed by atoms with E-state index in [9.17, 15) is 15.0 Å². The summed E-state index contributed by atoms with van der Waals surface area (Å²) in [6.45, 7) is 2.98. The van der Waals surface area contributed by atoms with Crippen LogP contribution in [0.5, 0.6) is 0 Å². The van der Waals surface area contributed by atoms with E-state index in [1.165, 1.54) is 0 Å². The maximum Gasteiger partial charge on any atom is 0.140 e. The molecule has 3 aliphatic carbocycles. The largest absolute Gasteiger partial charge is 0.390 e. The molecule has 2 aliphatic heterocycles. The number of aliphatic hydroxyl groups excluding tert-OH is 2. The van der Waals surface area contributed by atoms with Crippen molar-refractivity contribution < 1.29 is 19.8 Å². The molecule has 0 aromatic heterocycles. The minimum Gasteiger partial charge on any atom is -0.390 e. The van der Waals surface area contributed by atoms with E-state index in [1.807, 2.05) is 5.06 Å². The van der Waals surface area contributed by atoms with Gasteiger partial charge < -0.3 is 10.2 Å². The van der Waals surface area contributed by atoms with Crippen LogP contribution in [-0.4, -0.2) is 52.0 Å². The first-order valence-corrected chi connectivity index (χ1v) is 8.36. The molecule has 0 aromatic rings. The van der Waals surface area contributed by atoms with Crippen molar-refractivity contribution in [2.24, 2.45) is 22.7 Å². The van der Waals surface area contributed by atoms with Crippen LogP contribution in [0, 0.1) is 22.7 Å². The average Bonchev–Trinajstić information content (AvgIpc) is 3.14. The third-order valence-electron chi connectivity index (χ3n) is 7.44. The average molecular weight is 293 g/mol. The van der Waals surface area contributed by atoms with Crippen molar-refractivity contribution >= 4 is 5.78 Å². The Bertz CT molecular complexity index is 524. The number of hydroxylamine groups is 2. The minimum absolute atomic E-state index is 0.0853. The van der Waals surface area contributed by atoms with Gasteiger partial charge in [-0.15, -0.1) is 0 Å². The normalized spacial score (nSPS) is 64.5. The van der Waals surface area contributed by atoms with Crippen molar-refractivity contribution in [3.63, 3.8) is 0 Å². The highest BCUT2D eigenvalue weighted by Gasteiger charge is 2.83. The Kier molecular flexibility index (Phi) is 2.29. The Labute approximate surface area is 124 Å². The predicted molar refractivity (Wildman–Crippen MR) is 73.0 cm³/mol. The van der Waals surface area contributed by atoms with Crippen molar-refractivity contribution in [3.8, 4) is 0 Å². The first kappa shape index (κ1) is 13.0. The summed E-state index contributed by atoms with van der Waals surface area (Å²) in [6.07, 6.45) is 2.37. The SMILES string of the molecule is C[C@@H]1CC(=O)[C@]23CC[C@H]4N5CC[C@H](O5)[C@@]42[C@H](O)[C@H](O)[C@@H]3C1. The molecule has 5 fully saturated rings. The quantitative estimate of drug-likeness (QED) is 0.680. The second kappa shape index (κ2) is 3.70. The molecule has 0 radical (unpaired) electrons. The Morgan fingerprint density at radius 2 is 2.14 bits per heavy atom. The zero-order valence-corrected chi connectivity index (χ0v) is 12.4. The van der Waals surface area contributed by atoms with Gasteiger partial charge in [0, 0.05) is 30.3 Å². The summed E-state index contributed by atoms with van der Waals surface area (Å²) < 4.78 is 0. The van der Waals surface area contributed by atoms with Crippen molar-refractivity contribution in [2.45, 2.75) is 63.4 Å². The fourth-order valence-electron chi connectivity index (χ4n) is 6.97. The van der Waals surface area contributed by atoms with Crippen LogP contribution in [0.25, 0.3) is 0 Å². The van der Waals surface area contributed by atoms with Gasteiger partial charge in [0.2, 0.25) is 0 Å². The molecule has 5 nitrogen and oxygen atoms in total. The molecule has 2 heterocycles. The van der Waals surface area contributed by atoms with Gasteiger partial charge in [0.15, 0.2) is 0 Å². The number of carbonyl (C=O) groups is 1. The van der Waals surface area contributed by atoms with Crippen molar-refractivity contribution in [1.82, 2.24) is 5.06 Å². The lowest BCUT2D eigenvalue weighted by Gasteiger charge is -2.49. The van der Waals surface area contributed by atoms with E-state index in [-0.39, 0.29) is 23.8 Å². The zero-order valence-electron chi connectivity index (χ0n) is 12.4. The third kappa shape index (κ3) is 1.11. The first-order chi connectivity index (χ1) is 10.0. The monoisotopic (exact) mass is 293 g/mol. The zero-order chi connectivity index (χ0) is 14.6. The van der Waals surface area contributed by atoms with Crippen LogP contribution in [0.1, 0.15) is 39.0 Å². The van der Waals surface area contributed by atoms with E-state index >= 15 is 0 Å². The smallest absolute Gasteiger partial charge is 0.140 e. The number of ketones is 1. The van der Waals surface area contributed by atoms with Gasteiger partial charge in [-0.3, -0.25) is 9.63 Å². The first-order valence-electron chi connectivity index (χ1n) is 8.36. The summed E-state index contributed by atoms with van der Waals surface area (Å²) >= 11 is 0. The van der Waals surface area contributed by atoms with Crippen LogP contribution in [0.3, 0.4) is 0 Å². The van der Waals surface area contributed by atoms with Crippen molar-refractivity contribution in [3.05, 3.63) is 0 Å². The number of piperidine rings is 1. The summed E-state index contributed by atoms with van der Waals surface area (Å²) in [4.78, 5) is 19.1. The molecule has 21 heavy (non-hydrogen) atoms. The van der Waals surface area contributed by atoms with E-state index in [0.29, 0.717) is 12.3 Å². The number of Topliss-reactive ketones (excluding diaryl/α,β-unsaturated/α-hetero) is 1. The topological polar surface area (TPSA) is 70.0 Å². The molecule has 1 unspecified atom stereocenters. The molecule has 9 atom stereocenters. The number of fused-ring (bicyclic) bond motifs is 3. The van der Waals surface area contributed by atoms with Gasteiger partial charge >= 0.3 is 0 Å². The molecule has 5 aliphatic rings. The van der Waals surface area contributed by atoms with Crippen molar-refractivity contribution in [2.75, 3.05) is 6.54 Å². The highest BCUT2D eigenvalue weighted by atomic mass is 16.7. The molecule has 2 bridgehead atoms. The van der Waals surface area contributed by atoms with Gasteiger partial charge in [0.1, 0.15) is 5.78 Å². The fraction of sp³-hybridized carbons (Fsp3) is 0.938. The van der Waals surface area contributed by atoms with Crippen LogP contribution in [0.2, 0.25) is 0 Å². The number of rotatable bonds is 0. The van der Waals surface area contributed by atoms with Gasteiger partial charge in [0.25, 0.3) is 0 Å². The number of hydrogen-bond donors (Lipinski definition) is 2. The Hall–Kier alpha value is -0.490. The summed E-state index contributed by atoms with van der Waals surface area (Å²) in [5.41, 5.74) is -1.09. The van der Waals surface area contributed by atoms with E-state index in [0.717, 1.165) is 32.2 Å². The van der Waals surface area contributed by atoms with Gasteiger partial charge in [0.05, 0.1) is 23.7 Å². The van der Waals surface area contributed by atoms with Crippen LogP contribution in [0.15, 0.2) is 0 Å². The van der Waals surface area contributed by atoms with E-state index < -0.39 is 23.0 Å². The summed E-state index contributed by atoms with van der Waals surface area (Å²) in [5, 5.41) is 23.7. The van der Waals surface area contributed by atoms with E-state index in [1.54, 1.807) is 0 Å². The minimum atomic E-state index is -0.820. The fourth-order valence-corrected chi connectivity index (χ4v) is 6.97. The summed E-state index contributed by atoms with van der Waals surface area (Å²) in [7, 11) is 0. The predicted octanol–water partition coefficient (Wildman–Crippen LogP) is 0.492. The number of nitrogens with zero attached hydrogens (tertiary/aromatic N) is 1. The summed E-state index contributed by atoms with van der Waals surface area (Å²) in [6, 6.07) is 0.114. The van der Waals surface area contributed by atoms with Crippen LogP contribution in [0.4, 0.5) is 0 Å². The number of carbonyl (C=O) groups excluding carboxylic acids is 1. The lowest BCUT2D eigenvalue weighted by molar-refractivity contribution is -0.152. The Morgan fingerprint density at radius 1 is 1.33 bits per heavy atom. The molecule has 2 N–H and O–H groups in total. The second-order valence-corrected chi connectivity index (χ2v) is 7.99. The van der Waals surface area contributed by atoms with E-state index in [2.05, 4.69) is 6.92 Å². The van der Waals surface area contributed by atoms with E-state index in [4.69, 9.17) is 4.84 Å². The molecule has 2 spiro atoms. The van der Waals surface area contributed by atoms with Crippen LogP contribution in [-0.2, 0) is 9.63 Å². The van der Waals surface area contributed by atoms with Crippen molar-refractivity contribution in [1.29, 1.82) is 0 Å². The number of hydrogen-bond acceptors (Lipinski definition) is 5. The second-order valence-electron chi connectivity index (χ2n) is 7.99. The highest BCUT2D eigenvalue weighted by molar-refractivity contribution is 5.89. The lowest BCUT2D eigenvalue weighted by atomic mass is 9.53.